The van der Waals surface area contributed by atoms with Crippen LogP contribution in [-0.2, 0) is 11.2 Å². The number of piperazine rings is 1. The first-order valence-electron chi connectivity index (χ1n) is 10.2. The van der Waals surface area contributed by atoms with Crippen LogP contribution >= 0.6 is 11.3 Å². The molecule has 1 fully saturated rings. The number of amides is 3. The number of thiazole rings is 1. The summed E-state index contributed by atoms with van der Waals surface area (Å²) in [6, 6.07) is 10.1. The number of nitrogens with one attached hydrogen (secondary N) is 2. The predicted molar refractivity (Wildman–Crippen MR) is 123 cm³/mol. The molecule has 1 aliphatic rings. The van der Waals surface area contributed by atoms with Gasteiger partial charge in [0, 0.05) is 43.4 Å². The van der Waals surface area contributed by atoms with E-state index in [-0.39, 0.29) is 24.2 Å². The second-order valence-electron chi connectivity index (χ2n) is 7.43. The van der Waals surface area contributed by atoms with Gasteiger partial charge in [-0.05, 0) is 36.8 Å². The molecule has 0 atom stereocenters. The largest absolute Gasteiger partial charge is 0.353 e. The highest BCUT2D eigenvalue weighted by atomic mass is 32.1. The van der Waals surface area contributed by atoms with Crippen LogP contribution in [0.3, 0.4) is 0 Å². The van der Waals surface area contributed by atoms with Gasteiger partial charge >= 0.3 is 6.03 Å². The summed E-state index contributed by atoms with van der Waals surface area (Å²) < 4.78 is 13.6. The van der Waals surface area contributed by atoms with Crippen molar-refractivity contribution in [3.8, 4) is 0 Å². The molecule has 10 heteroatoms. The number of carbonyl (C=O) groups excluding carboxylic acids is 2. The minimum atomic E-state index is -0.373. The third-order valence-corrected chi connectivity index (χ3v) is 5.91. The van der Waals surface area contributed by atoms with E-state index in [4.69, 9.17) is 0 Å². The summed E-state index contributed by atoms with van der Waals surface area (Å²) in [4.78, 5) is 37.4. The summed E-state index contributed by atoms with van der Waals surface area (Å²) in [7, 11) is 0. The van der Waals surface area contributed by atoms with E-state index in [9.17, 15) is 14.0 Å². The molecule has 2 aromatic heterocycles. The van der Waals surface area contributed by atoms with Crippen LogP contribution in [-0.4, -0.2) is 53.0 Å². The Hall–Kier alpha value is -3.53. The van der Waals surface area contributed by atoms with Gasteiger partial charge in [0.2, 0.25) is 5.91 Å². The maximum Gasteiger partial charge on any atom is 0.323 e. The Bertz CT molecular complexity index is 1100. The smallest absolute Gasteiger partial charge is 0.323 e. The van der Waals surface area contributed by atoms with E-state index in [1.165, 1.54) is 17.4 Å². The molecule has 0 radical (unpaired) electrons. The van der Waals surface area contributed by atoms with E-state index in [2.05, 4.69) is 25.5 Å². The van der Waals surface area contributed by atoms with Crippen LogP contribution in [0.5, 0.6) is 0 Å². The number of pyridine rings is 1. The van der Waals surface area contributed by atoms with E-state index in [1.54, 1.807) is 35.5 Å². The number of aromatic nitrogens is 2. The van der Waals surface area contributed by atoms with Crippen molar-refractivity contribution in [1.29, 1.82) is 0 Å². The minimum Gasteiger partial charge on any atom is -0.353 e. The summed E-state index contributed by atoms with van der Waals surface area (Å²) in [5.41, 5.74) is 1.45. The molecule has 0 unspecified atom stereocenters. The fourth-order valence-corrected chi connectivity index (χ4v) is 4.04. The first-order valence-corrected chi connectivity index (χ1v) is 11.1. The molecule has 3 amide bonds. The van der Waals surface area contributed by atoms with Crippen molar-refractivity contribution in [1.82, 2.24) is 14.9 Å². The summed E-state index contributed by atoms with van der Waals surface area (Å²) in [5, 5.41) is 7.62. The van der Waals surface area contributed by atoms with Crippen LogP contribution in [0, 0.1) is 12.7 Å². The molecule has 1 aliphatic heterocycles. The molecule has 2 N–H and O–H groups in total. The zero-order chi connectivity index (χ0) is 22.5. The highest BCUT2D eigenvalue weighted by molar-refractivity contribution is 7.13. The highest BCUT2D eigenvalue weighted by Gasteiger charge is 2.22. The Kier molecular flexibility index (Phi) is 6.60. The zero-order valence-electron chi connectivity index (χ0n) is 17.5. The van der Waals surface area contributed by atoms with E-state index in [0.29, 0.717) is 48.3 Å². The number of hydrogen-bond donors (Lipinski definition) is 2. The zero-order valence-corrected chi connectivity index (χ0v) is 18.4. The van der Waals surface area contributed by atoms with Gasteiger partial charge in [-0.1, -0.05) is 12.1 Å². The number of benzene rings is 1. The molecular weight excluding hydrogens is 431 g/mol. The van der Waals surface area contributed by atoms with E-state index < -0.39 is 0 Å². The van der Waals surface area contributed by atoms with Crippen molar-refractivity contribution < 1.29 is 14.0 Å². The van der Waals surface area contributed by atoms with E-state index in [0.717, 1.165) is 5.82 Å². The molecule has 1 aromatic carbocycles. The molecule has 0 aliphatic carbocycles. The van der Waals surface area contributed by atoms with Crippen molar-refractivity contribution in [2.45, 2.75) is 13.3 Å². The standard InChI is InChI=1S/C22H23FN6O2S/c1-15-5-6-16(12-18(15)23)25-20(30)13-17-14-32-21(26-17)27-22(31)29-10-8-28(9-11-29)19-4-2-3-7-24-19/h2-7,12,14H,8-11,13H2,1H3,(H,25,30)(H,26,27,31). The number of halogens is 1. The first-order chi connectivity index (χ1) is 15.5. The topological polar surface area (TPSA) is 90.5 Å². The summed E-state index contributed by atoms with van der Waals surface area (Å²) >= 11 is 1.26. The number of anilines is 3. The summed E-state index contributed by atoms with van der Waals surface area (Å²) in [5.74, 6) is 0.230. The van der Waals surface area contributed by atoms with Crippen molar-refractivity contribution in [3.05, 3.63) is 65.0 Å². The highest BCUT2D eigenvalue weighted by Crippen LogP contribution is 2.19. The molecule has 3 aromatic rings. The number of carbonyl (C=O) groups is 2. The first kappa shape index (κ1) is 21.7. The molecule has 166 valence electrons. The molecule has 0 saturated carbocycles. The number of aryl methyl sites for hydroxylation is 1. The van der Waals surface area contributed by atoms with Crippen LogP contribution in [0.4, 0.5) is 25.8 Å². The summed E-state index contributed by atoms with van der Waals surface area (Å²) in [6.07, 6.45) is 1.79. The van der Waals surface area contributed by atoms with Crippen molar-refractivity contribution in [2.24, 2.45) is 0 Å². The van der Waals surface area contributed by atoms with Crippen LogP contribution < -0.4 is 15.5 Å². The molecule has 0 bridgehead atoms. The van der Waals surface area contributed by atoms with Crippen molar-refractivity contribution in [2.75, 3.05) is 41.7 Å². The van der Waals surface area contributed by atoms with Crippen molar-refractivity contribution >= 4 is 39.9 Å². The fourth-order valence-electron chi connectivity index (χ4n) is 3.34. The fraction of sp³-hybridized carbons (Fsp3) is 0.273. The van der Waals surface area contributed by atoms with Gasteiger partial charge in [0.05, 0.1) is 12.1 Å². The van der Waals surface area contributed by atoms with Crippen LogP contribution in [0.15, 0.2) is 48.0 Å². The molecule has 4 rings (SSSR count). The lowest BCUT2D eigenvalue weighted by Gasteiger charge is -2.35. The van der Waals surface area contributed by atoms with Crippen LogP contribution in [0.2, 0.25) is 0 Å². The minimum absolute atomic E-state index is 0.0324. The third kappa shape index (κ3) is 5.38. The summed E-state index contributed by atoms with van der Waals surface area (Å²) in [6.45, 7) is 4.22. The third-order valence-electron chi connectivity index (χ3n) is 5.10. The Labute approximate surface area is 189 Å². The van der Waals surface area contributed by atoms with Crippen LogP contribution in [0.1, 0.15) is 11.3 Å². The van der Waals surface area contributed by atoms with Crippen LogP contribution in [0.25, 0.3) is 0 Å². The monoisotopic (exact) mass is 454 g/mol. The van der Waals surface area contributed by atoms with Gasteiger partial charge in [0.25, 0.3) is 0 Å². The number of nitrogens with zero attached hydrogens (tertiary/aromatic N) is 4. The molecule has 0 spiro atoms. The van der Waals surface area contributed by atoms with Gasteiger partial charge < -0.3 is 15.1 Å². The van der Waals surface area contributed by atoms with E-state index in [1.807, 2.05) is 18.2 Å². The van der Waals surface area contributed by atoms with Gasteiger partial charge in [0.15, 0.2) is 5.13 Å². The SMILES string of the molecule is Cc1ccc(NC(=O)Cc2csc(NC(=O)N3CCN(c4ccccn4)CC3)n2)cc1F. The van der Waals surface area contributed by atoms with Gasteiger partial charge in [-0.15, -0.1) is 11.3 Å². The Balaban J connectivity index is 1.26. The Morgan fingerprint density at radius 1 is 1.12 bits per heavy atom. The average Bonchev–Trinajstić information content (AvgIpc) is 3.23. The van der Waals surface area contributed by atoms with E-state index >= 15 is 0 Å². The van der Waals surface area contributed by atoms with Gasteiger partial charge in [0.1, 0.15) is 11.6 Å². The van der Waals surface area contributed by atoms with Gasteiger partial charge in [-0.3, -0.25) is 10.1 Å². The second kappa shape index (κ2) is 9.73. The molecule has 1 saturated heterocycles. The number of hydrogen-bond acceptors (Lipinski definition) is 6. The molecular formula is C22H23FN6O2S. The van der Waals surface area contributed by atoms with Crippen molar-refractivity contribution in [3.63, 3.8) is 0 Å². The predicted octanol–water partition coefficient (Wildman–Crippen LogP) is 3.52. The quantitative estimate of drug-likeness (QED) is 0.616. The molecule has 32 heavy (non-hydrogen) atoms. The maximum atomic E-state index is 13.6. The lowest BCUT2D eigenvalue weighted by Crippen LogP contribution is -2.50. The maximum absolute atomic E-state index is 13.6. The lowest BCUT2D eigenvalue weighted by molar-refractivity contribution is -0.115. The number of rotatable bonds is 5. The normalized spacial score (nSPS) is 13.7. The molecule has 3 heterocycles. The van der Waals surface area contributed by atoms with Gasteiger partial charge in [-0.25, -0.2) is 19.2 Å². The molecule has 8 nitrogen and oxygen atoms in total. The number of urea groups is 1. The second-order valence-corrected chi connectivity index (χ2v) is 8.28. The Morgan fingerprint density at radius 2 is 1.94 bits per heavy atom. The van der Waals surface area contributed by atoms with Gasteiger partial charge in [-0.2, -0.15) is 0 Å². The average molecular weight is 455 g/mol. The lowest BCUT2D eigenvalue weighted by atomic mass is 10.2. The Morgan fingerprint density at radius 3 is 2.66 bits per heavy atom.